The summed E-state index contributed by atoms with van der Waals surface area (Å²) in [5.74, 6) is 0.170. The fraction of sp³-hybridized carbons (Fsp3) is 0.400. The van der Waals surface area contributed by atoms with E-state index >= 15 is 0 Å². The molecule has 2 aliphatic rings. The van der Waals surface area contributed by atoms with E-state index in [1.54, 1.807) is 17.6 Å². The number of carbonyl (C=O) groups is 2. The second-order valence-electron chi connectivity index (χ2n) is 8.22. The summed E-state index contributed by atoms with van der Waals surface area (Å²) >= 11 is 0. The average molecular weight is 453 g/mol. The van der Waals surface area contributed by atoms with E-state index in [0.29, 0.717) is 11.6 Å². The van der Waals surface area contributed by atoms with Crippen LogP contribution in [0.4, 0.5) is 23.1 Å². The van der Waals surface area contributed by atoms with Crippen molar-refractivity contribution in [3.8, 4) is 0 Å². The van der Waals surface area contributed by atoms with Crippen molar-refractivity contribution in [2.75, 3.05) is 35.7 Å². The Bertz CT molecular complexity index is 1220. The van der Waals surface area contributed by atoms with Crippen LogP contribution in [0.2, 0.25) is 0 Å². The molecule has 2 fully saturated rings. The van der Waals surface area contributed by atoms with E-state index < -0.39 is 0 Å². The van der Waals surface area contributed by atoms with Gasteiger partial charge in [-0.25, -0.2) is 4.52 Å². The predicted octanol–water partition coefficient (Wildman–Crippen LogP) is 1.99. The Morgan fingerprint density at radius 3 is 2.66 bits per heavy atom. The number of aryl methyl sites for hydroxylation is 1. The minimum Gasteiger partial charge on any atom is -0.370 e. The first kappa shape index (κ1) is 20.6. The third-order valence-electron chi connectivity index (χ3n) is 5.59. The standard InChI is InChI=1S/C20H24N9O2P/c1-11-8-13(28-6-3-7-28)10-29-17(11)23-20(26-29)21-14-9-15(22-18(30)12-4-5-12)24-25-16(14)19(31)27(2)32/h8-10,12H,3-7,32H2,1-2H3,(H2,21,22,24,26,30). The van der Waals surface area contributed by atoms with Gasteiger partial charge in [0, 0.05) is 32.1 Å². The Morgan fingerprint density at radius 2 is 2.00 bits per heavy atom. The molecule has 4 heterocycles. The number of carbonyl (C=O) groups excluding carboxylic acids is 2. The molecule has 3 aromatic heterocycles. The number of rotatable bonds is 6. The largest absolute Gasteiger partial charge is 0.370 e. The highest BCUT2D eigenvalue weighted by Gasteiger charge is 2.30. The maximum Gasteiger partial charge on any atom is 0.279 e. The molecule has 1 saturated carbocycles. The Morgan fingerprint density at radius 1 is 1.22 bits per heavy atom. The van der Waals surface area contributed by atoms with Crippen LogP contribution in [0.5, 0.6) is 0 Å². The zero-order valence-electron chi connectivity index (χ0n) is 17.9. The first-order valence-corrected chi connectivity index (χ1v) is 11.0. The van der Waals surface area contributed by atoms with Crippen molar-refractivity contribution in [2.24, 2.45) is 5.92 Å². The van der Waals surface area contributed by atoms with Crippen LogP contribution in [-0.2, 0) is 4.79 Å². The summed E-state index contributed by atoms with van der Waals surface area (Å²) in [5, 5.41) is 18.5. The normalized spacial score (nSPS) is 15.4. The Kier molecular flexibility index (Phi) is 5.13. The van der Waals surface area contributed by atoms with Crippen molar-refractivity contribution in [3.05, 3.63) is 29.6 Å². The maximum absolute atomic E-state index is 12.6. The van der Waals surface area contributed by atoms with Gasteiger partial charge in [-0.3, -0.25) is 9.59 Å². The molecule has 1 aliphatic carbocycles. The zero-order chi connectivity index (χ0) is 22.4. The summed E-state index contributed by atoms with van der Waals surface area (Å²) in [4.78, 5) is 31.6. The highest BCUT2D eigenvalue weighted by molar-refractivity contribution is 7.14. The molecule has 32 heavy (non-hydrogen) atoms. The lowest BCUT2D eigenvalue weighted by Gasteiger charge is -2.33. The van der Waals surface area contributed by atoms with Crippen LogP contribution in [0.3, 0.4) is 0 Å². The minimum absolute atomic E-state index is 0.0244. The molecule has 0 spiro atoms. The number of nitrogens with zero attached hydrogens (tertiary/aromatic N) is 7. The second kappa shape index (κ2) is 7.98. The van der Waals surface area contributed by atoms with Gasteiger partial charge in [0.2, 0.25) is 11.9 Å². The monoisotopic (exact) mass is 453 g/mol. The number of anilines is 4. The molecule has 1 saturated heterocycles. The molecule has 1 atom stereocenters. The molecule has 2 amide bonds. The number of hydrogen-bond acceptors (Lipinski definition) is 8. The lowest BCUT2D eigenvalue weighted by Crippen LogP contribution is -2.37. The van der Waals surface area contributed by atoms with Gasteiger partial charge in [0.15, 0.2) is 17.2 Å². The topological polar surface area (TPSA) is 121 Å². The summed E-state index contributed by atoms with van der Waals surface area (Å²) < 4.78 is 3.07. The molecular weight excluding hydrogens is 429 g/mol. The molecule has 0 aromatic carbocycles. The summed E-state index contributed by atoms with van der Waals surface area (Å²) in [7, 11) is 3.91. The fourth-order valence-electron chi connectivity index (χ4n) is 3.50. The molecular formula is C20H24N9O2P. The maximum atomic E-state index is 12.6. The lowest BCUT2D eigenvalue weighted by atomic mass is 10.2. The Labute approximate surface area is 186 Å². The van der Waals surface area contributed by atoms with Gasteiger partial charge in [0.25, 0.3) is 5.91 Å². The molecule has 1 aliphatic heterocycles. The molecule has 0 bridgehead atoms. The summed E-state index contributed by atoms with van der Waals surface area (Å²) in [6, 6.07) is 3.68. The van der Waals surface area contributed by atoms with Crippen LogP contribution < -0.4 is 15.5 Å². The number of nitrogens with one attached hydrogen (secondary N) is 2. The summed E-state index contributed by atoms with van der Waals surface area (Å²) in [6.45, 7) is 4.07. The van der Waals surface area contributed by atoms with Crippen LogP contribution in [0.1, 0.15) is 35.3 Å². The first-order valence-electron chi connectivity index (χ1n) is 10.5. The van der Waals surface area contributed by atoms with Crippen LogP contribution in [0.25, 0.3) is 5.65 Å². The van der Waals surface area contributed by atoms with Gasteiger partial charge < -0.3 is 20.2 Å². The minimum atomic E-state index is -0.356. The first-order chi connectivity index (χ1) is 15.4. The third-order valence-corrected chi connectivity index (χ3v) is 5.82. The van der Waals surface area contributed by atoms with E-state index in [9.17, 15) is 9.59 Å². The molecule has 12 heteroatoms. The lowest BCUT2D eigenvalue weighted by molar-refractivity contribution is -0.117. The molecule has 3 aromatic rings. The fourth-order valence-corrected chi connectivity index (χ4v) is 3.62. The SMILES string of the molecule is Cc1cc(N2CCC2)cn2nc(Nc3cc(NC(=O)C4CC4)nnc3C(=O)N(C)P)nc12. The number of hydrogen-bond donors (Lipinski definition) is 2. The van der Waals surface area contributed by atoms with E-state index in [2.05, 4.69) is 51.3 Å². The highest BCUT2D eigenvalue weighted by Crippen LogP contribution is 2.31. The van der Waals surface area contributed by atoms with Gasteiger partial charge in [0.05, 0.1) is 17.6 Å². The summed E-state index contributed by atoms with van der Waals surface area (Å²) in [5.41, 5.74) is 3.29. The average Bonchev–Trinajstić information content (AvgIpc) is 3.47. The molecule has 2 N–H and O–H groups in total. The van der Waals surface area contributed by atoms with Crippen molar-refractivity contribution in [2.45, 2.75) is 26.2 Å². The quantitative estimate of drug-likeness (QED) is 0.544. The third kappa shape index (κ3) is 3.95. The van der Waals surface area contributed by atoms with E-state index in [4.69, 9.17) is 0 Å². The van der Waals surface area contributed by atoms with Gasteiger partial charge in [-0.1, -0.05) is 0 Å². The number of pyridine rings is 1. The molecule has 1 unspecified atom stereocenters. The van der Waals surface area contributed by atoms with Gasteiger partial charge in [-0.2, -0.15) is 4.98 Å². The smallest absolute Gasteiger partial charge is 0.279 e. The second-order valence-corrected chi connectivity index (χ2v) is 9.00. The van der Waals surface area contributed by atoms with E-state index in [-0.39, 0.29) is 29.2 Å². The van der Waals surface area contributed by atoms with Crippen molar-refractivity contribution in [1.29, 1.82) is 0 Å². The predicted molar refractivity (Wildman–Crippen MR) is 123 cm³/mol. The molecule has 166 valence electrons. The van der Waals surface area contributed by atoms with Crippen molar-refractivity contribution in [1.82, 2.24) is 29.5 Å². The number of fused-ring (bicyclic) bond motifs is 1. The van der Waals surface area contributed by atoms with Gasteiger partial charge in [0.1, 0.15) is 0 Å². The van der Waals surface area contributed by atoms with Gasteiger partial charge >= 0.3 is 0 Å². The van der Waals surface area contributed by atoms with Gasteiger partial charge in [-0.15, -0.1) is 15.3 Å². The van der Waals surface area contributed by atoms with E-state index in [1.807, 2.05) is 13.1 Å². The van der Waals surface area contributed by atoms with Gasteiger partial charge in [-0.05, 0) is 47.2 Å². The van der Waals surface area contributed by atoms with E-state index in [1.165, 1.54) is 11.1 Å². The highest BCUT2D eigenvalue weighted by atomic mass is 31.0. The van der Waals surface area contributed by atoms with Crippen LogP contribution in [-0.4, -0.2) is 61.4 Å². The van der Waals surface area contributed by atoms with E-state index in [0.717, 1.165) is 42.8 Å². The molecule has 11 nitrogen and oxygen atoms in total. The number of aromatic nitrogens is 5. The summed E-state index contributed by atoms with van der Waals surface area (Å²) in [6.07, 6.45) is 4.90. The zero-order valence-corrected chi connectivity index (χ0v) is 19.0. The van der Waals surface area contributed by atoms with Crippen molar-refractivity contribution >= 4 is 50.0 Å². The van der Waals surface area contributed by atoms with Crippen LogP contribution in [0.15, 0.2) is 18.3 Å². The molecule has 5 rings (SSSR count). The van der Waals surface area contributed by atoms with Crippen molar-refractivity contribution < 1.29 is 9.59 Å². The molecule has 0 radical (unpaired) electrons. The van der Waals surface area contributed by atoms with Crippen molar-refractivity contribution in [3.63, 3.8) is 0 Å². The Hall–Kier alpha value is -3.33. The van der Waals surface area contributed by atoms with Crippen LogP contribution in [0, 0.1) is 12.8 Å². The number of amides is 2. The van der Waals surface area contributed by atoms with Crippen LogP contribution >= 0.6 is 9.39 Å². The Balaban J connectivity index is 1.48.